The minimum Gasteiger partial charge on any atom is -0.334 e. The van der Waals surface area contributed by atoms with Gasteiger partial charge < -0.3 is 5.32 Å². The number of amides is 2. The van der Waals surface area contributed by atoms with Gasteiger partial charge in [-0.15, -0.1) is 0 Å². The van der Waals surface area contributed by atoms with E-state index in [0.29, 0.717) is 18.3 Å². The van der Waals surface area contributed by atoms with Crippen molar-refractivity contribution in [2.24, 2.45) is 7.05 Å². The monoisotopic (exact) mass is 441 g/mol. The lowest BCUT2D eigenvalue weighted by Gasteiger charge is -2.27. The Hall–Kier alpha value is -3.94. The van der Waals surface area contributed by atoms with E-state index in [-0.39, 0.29) is 6.03 Å². The van der Waals surface area contributed by atoms with Crippen LogP contribution < -0.4 is 10.6 Å². The van der Waals surface area contributed by atoms with E-state index in [4.69, 9.17) is 5.10 Å². The molecule has 1 aromatic carbocycles. The van der Waals surface area contributed by atoms with Crippen molar-refractivity contribution < 1.29 is 4.79 Å². The third-order valence-electron chi connectivity index (χ3n) is 6.26. The summed E-state index contributed by atoms with van der Waals surface area (Å²) in [4.78, 5) is 17.2. The van der Waals surface area contributed by atoms with E-state index in [1.165, 1.54) is 24.8 Å². The number of aryl methyl sites for hydroxylation is 1. The fourth-order valence-corrected chi connectivity index (χ4v) is 4.23. The van der Waals surface area contributed by atoms with Gasteiger partial charge in [-0.1, -0.05) is 24.6 Å². The minimum absolute atomic E-state index is 0.274. The molecule has 1 aliphatic carbocycles. The largest absolute Gasteiger partial charge is 0.334 e. The molecule has 0 aliphatic heterocycles. The number of aromatic nitrogens is 5. The standard InChI is InChI=1S/C25H27N7O/c1-17-23(20-14-28-31(2)16-20)30-32(21-9-4-3-5-10-21)24(17)29-25(33)27-13-19-11-12-26-15-22(19)18-7-6-8-18/h3-5,9-12,14-16,18H,6-8,13H2,1-2H3,(H2,27,29,33). The van der Waals surface area contributed by atoms with Crippen LogP contribution in [0.4, 0.5) is 10.6 Å². The maximum atomic E-state index is 12.9. The van der Waals surface area contributed by atoms with Crippen molar-refractivity contribution in [1.82, 2.24) is 29.9 Å². The smallest absolute Gasteiger partial charge is 0.320 e. The van der Waals surface area contributed by atoms with E-state index in [1.54, 1.807) is 21.8 Å². The molecule has 168 valence electrons. The molecule has 8 heteroatoms. The summed E-state index contributed by atoms with van der Waals surface area (Å²) < 4.78 is 3.51. The SMILES string of the molecule is Cc1c(-c2cnn(C)c2)nn(-c2ccccc2)c1NC(=O)NCc1ccncc1C1CCC1. The molecule has 5 rings (SSSR count). The topological polar surface area (TPSA) is 89.7 Å². The summed E-state index contributed by atoms with van der Waals surface area (Å²) >= 11 is 0. The van der Waals surface area contributed by atoms with Crippen LogP contribution in [0, 0.1) is 6.92 Å². The van der Waals surface area contributed by atoms with Crippen LogP contribution in [-0.2, 0) is 13.6 Å². The summed E-state index contributed by atoms with van der Waals surface area (Å²) in [5, 5.41) is 15.1. The Bertz CT molecular complexity index is 1270. The van der Waals surface area contributed by atoms with Crippen molar-refractivity contribution in [3.63, 3.8) is 0 Å². The van der Waals surface area contributed by atoms with Gasteiger partial charge in [-0.25, -0.2) is 9.48 Å². The number of carbonyl (C=O) groups is 1. The number of nitrogens with zero attached hydrogens (tertiary/aromatic N) is 5. The molecular formula is C25H27N7O. The van der Waals surface area contributed by atoms with Crippen LogP contribution in [0.1, 0.15) is 41.9 Å². The zero-order valence-electron chi connectivity index (χ0n) is 18.8. The maximum Gasteiger partial charge on any atom is 0.320 e. The number of pyridine rings is 1. The van der Waals surface area contributed by atoms with Gasteiger partial charge in [0.2, 0.25) is 0 Å². The number of para-hydroxylation sites is 1. The number of rotatable bonds is 6. The number of benzene rings is 1. The van der Waals surface area contributed by atoms with Crippen molar-refractivity contribution in [1.29, 1.82) is 0 Å². The van der Waals surface area contributed by atoms with Crippen LogP contribution >= 0.6 is 0 Å². The molecule has 0 bridgehead atoms. The van der Waals surface area contributed by atoms with E-state index in [9.17, 15) is 4.79 Å². The predicted octanol–water partition coefficient (Wildman–Crippen LogP) is 4.57. The lowest BCUT2D eigenvalue weighted by Crippen LogP contribution is -2.30. The second-order valence-corrected chi connectivity index (χ2v) is 8.48. The molecule has 1 saturated carbocycles. The number of anilines is 1. The molecule has 0 saturated heterocycles. The normalized spacial score (nSPS) is 13.5. The lowest BCUT2D eigenvalue weighted by molar-refractivity contribution is 0.251. The van der Waals surface area contributed by atoms with Gasteiger partial charge in [-0.2, -0.15) is 10.2 Å². The van der Waals surface area contributed by atoms with Crippen LogP contribution in [0.3, 0.4) is 0 Å². The summed E-state index contributed by atoms with van der Waals surface area (Å²) in [5.74, 6) is 1.19. The van der Waals surface area contributed by atoms with Gasteiger partial charge in [0.05, 0.1) is 11.9 Å². The summed E-state index contributed by atoms with van der Waals surface area (Å²) in [6.45, 7) is 2.41. The van der Waals surface area contributed by atoms with Crippen LogP contribution in [0.25, 0.3) is 16.9 Å². The third kappa shape index (κ3) is 4.24. The highest BCUT2D eigenvalue weighted by Gasteiger charge is 2.23. The second kappa shape index (κ2) is 8.90. The second-order valence-electron chi connectivity index (χ2n) is 8.48. The molecule has 0 unspecified atom stereocenters. The van der Waals surface area contributed by atoms with Gasteiger partial charge in [0, 0.05) is 43.3 Å². The number of carbonyl (C=O) groups excluding carboxylic acids is 1. The average Bonchev–Trinajstić information content (AvgIpc) is 3.36. The number of hydrogen-bond donors (Lipinski definition) is 2. The zero-order chi connectivity index (χ0) is 22.8. The van der Waals surface area contributed by atoms with Gasteiger partial charge in [0.15, 0.2) is 0 Å². The molecule has 33 heavy (non-hydrogen) atoms. The summed E-state index contributed by atoms with van der Waals surface area (Å²) in [7, 11) is 1.87. The first-order valence-corrected chi connectivity index (χ1v) is 11.2. The predicted molar refractivity (Wildman–Crippen MR) is 127 cm³/mol. The average molecular weight is 442 g/mol. The van der Waals surface area contributed by atoms with Gasteiger partial charge in [0.1, 0.15) is 11.5 Å². The molecule has 0 atom stereocenters. The molecule has 0 radical (unpaired) electrons. The molecule has 1 fully saturated rings. The van der Waals surface area contributed by atoms with Crippen molar-refractivity contribution in [2.75, 3.05) is 5.32 Å². The first-order chi connectivity index (χ1) is 16.1. The quantitative estimate of drug-likeness (QED) is 0.459. The third-order valence-corrected chi connectivity index (χ3v) is 6.26. The molecule has 3 heterocycles. The van der Waals surface area contributed by atoms with Crippen LogP contribution in [0.15, 0.2) is 61.2 Å². The van der Waals surface area contributed by atoms with Crippen molar-refractivity contribution in [2.45, 2.75) is 38.6 Å². The Morgan fingerprint density at radius 1 is 1.15 bits per heavy atom. The van der Waals surface area contributed by atoms with E-state index in [0.717, 1.165) is 28.1 Å². The molecule has 3 aromatic heterocycles. The first kappa shape index (κ1) is 20.9. The molecule has 2 N–H and O–H groups in total. The van der Waals surface area contributed by atoms with Gasteiger partial charge in [-0.05, 0) is 55.0 Å². The van der Waals surface area contributed by atoms with Crippen molar-refractivity contribution in [3.8, 4) is 16.9 Å². The molecular weight excluding hydrogens is 414 g/mol. The fourth-order valence-electron chi connectivity index (χ4n) is 4.23. The van der Waals surface area contributed by atoms with E-state index >= 15 is 0 Å². The summed E-state index contributed by atoms with van der Waals surface area (Å²) in [6, 6.07) is 11.5. The van der Waals surface area contributed by atoms with E-state index < -0.39 is 0 Å². The van der Waals surface area contributed by atoms with Crippen molar-refractivity contribution >= 4 is 11.8 Å². The van der Waals surface area contributed by atoms with Gasteiger partial charge >= 0.3 is 6.03 Å². The molecule has 1 aliphatic rings. The van der Waals surface area contributed by atoms with Crippen LogP contribution in [-0.4, -0.2) is 30.6 Å². The Labute approximate surface area is 192 Å². The van der Waals surface area contributed by atoms with Gasteiger partial charge in [0.25, 0.3) is 0 Å². The molecule has 8 nitrogen and oxygen atoms in total. The Morgan fingerprint density at radius 2 is 1.97 bits per heavy atom. The highest BCUT2D eigenvalue weighted by Crippen LogP contribution is 2.37. The highest BCUT2D eigenvalue weighted by molar-refractivity contribution is 5.90. The summed E-state index contributed by atoms with van der Waals surface area (Å²) in [6.07, 6.45) is 11.1. The highest BCUT2D eigenvalue weighted by atomic mass is 16.2. The number of urea groups is 1. The number of hydrogen-bond acceptors (Lipinski definition) is 4. The van der Waals surface area contributed by atoms with Crippen molar-refractivity contribution in [3.05, 3.63) is 77.9 Å². The first-order valence-electron chi connectivity index (χ1n) is 11.2. The Balaban J connectivity index is 1.39. The Kier molecular flexibility index (Phi) is 5.64. The lowest BCUT2D eigenvalue weighted by atomic mass is 9.79. The van der Waals surface area contributed by atoms with Gasteiger partial charge in [-0.3, -0.25) is 15.0 Å². The summed E-state index contributed by atoms with van der Waals surface area (Å²) in [5.41, 5.74) is 5.79. The maximum absolute atomic E-state index is 12.9. The van der Waals surface area contributed by atoms with Crippen LogP contribution in [0.2, 0.25) is 0 Å². The van der Waals surface area contributed by atoms with Crippen LogP contribution in [0.5, 0.6) is 0 Å². The number of nitrogens with one attached hydrogen (secondary N) is 2. The zero-order valence-corrected chi connectivity index (χ0v) is 18.8. The Morgan fingerprint density at radius 3 is 2.67 bits per heavy atom. The van der Waals surface area contributed by atoms with E-state index in [2.05, 4.69) is 20.7 Å². The minimum atomic E-state index is -0.274. The molecule has 2 amide bonds. The van der Waals surface area contributed by atoms with E-state index in [1.807, 2.05) is 62.8 Å². The fraction of sp³-hybridized carbons (Fsp3) is 0.280. The molecule has 4 aromatic rings. The molecule has 0 spiro atoms.